The predicted molar refractivity (Wildman–Crippen MR) is 104 cm³/mol. The molecule has 0 atom stereocenters. The Kier molecular flexibility index (Phi) is 5.13. The zero-order chi connectivity index (χ0) is 16.9. The maximum absolute atomic E-state index is 6.02. The SMILES string of the molecule is Cc1ccc(Cl)cc1NC(=S)Nc1cnn(Cc2ccccc2)c1. The number of hydrogen-bond donors (Lipinski definition) is 2. The summed E-state index contributed by atoms with van der Waals surface area (Å²) in [7, 11) is 0. The first-order valence-corrected chi connectivity index (χ1v) is 8.29. The van der Waals surface area contributed by atoms with E-state index in [1.54, 1.807) is 6.20 Å². The van der Waals surface area contributed by atoms with E-state index in [-0.39, 0.29) is 0 Å². The van der Waals surface area contributed by atoms with Crippen molar-refractivity contribution in [2.45, 2.75) is 13.5 Å². The topological polar surface area (TPSA) is 41.9 Å². The Balaban J connectivity index is 1.62. The van der Waals surface area contributed by atoms with Gasteiger partial charge in [-0.15, -0.1) is 0 Å². The van der Waals surface area contributed by atoms with E-state index in [4.69, 9.17) is 23.8 Å². The van der Waals surface area contributed by atoms with Crippen molar-refractivity contribution in [3.8, 4) is 0 Å². The van der Waals surface area contributed by atoms with Gasteiger partial charge < -0.3 is 10.6 Å². The largest absolute Gasteiger partial charge is 0.332 e. The maximum Gasteiger partial charge on any atom is 0.175 e. The molecule has 0 unspecified atom stereocenters. The third-order valence-corrected chi connectivity index (χ3v) is 3.97. The highest BCUT2D eigenvalue weighted by Crippen LogP contribution is 2.20. The number of benzene rings is 2. The summed E-state index contributed by atoms with van der Waals surface area (Å²) in [5, 5.41) is 11.8. The van der Waals surface area contributed by atoms with Crippen LogP contribution in [-0.2, 0) is 6.54 Å². The summed E-state index contributed by atoms with van der Waals surface area (Å²) in [6.45, 7) is 2.72. The predicted octanol–water partition coefficient (Wildman–Crippen LogP) is 4.70. The molecule has 2 N–H and O–H groups in total. The minimum atomic E-state index is 0.500. The van der Waals surface area contributed by atoms with Gasteiger partial charge in [-0.1, -0.05) is 48.0 Å². The van der Waals surface area contributed by atoms with Crippen LogP contribution in [0.4, 0.5) is 11.4 Å². The van der Waals surface area contributed by atoms with E-state index in [2.05, 4.69) is 27.9 Å². The first-order valence-electron chi connectivity index (χ1n) is 7.51. The lowest BCUT2D eigenvalue weighted by Gasteiger charge is -2.11. The van der Waals surface area contributed by atoms with Gasteiger partial charge in [0.15, 0.2) is 5.11 Å². The van der Waals surface area contributed by atoms with Crippen molar-refractivity contribution in [3.05, 3.63) is 77.1 Å². The van der Waals surface area contributed by atoms with Gasteiger partial charge in [-0.05, 0) is 42.4 Å². The Morgan fingerprint density at radius 3 is 2.75 bits per heavy atom. The molecule has 2 aromatic carbocycles. The molecule has 1 heterocycles. The molecule has 3 rings (SSSR count). The zero-order valence-corrected chi connectivity index (χ0v) is 14.7. The molecule has 4 nitrogen and oxygen atoms in total. The minimum absolute atomic E-state index is 0.500. The highest BCUT2D eigenvalue weighted by molar-refractivity contribution is 7.80. The summed E-state index contributed by atoms with van der Waals surface area (Å²) in [4.78, 5) is 0. The van der Waals surface area contributed by atoms with E-state index in [0.717, 1.165) is 23.5 Å². The van der Waals surface area contributed by atoms with Crippen molar-refractivity contribution in [2.75, 3.05) is 10.6 Å². The number of rotatable bonds is 4. The summed E-state index contributed by atoms with van der Waals surface area (Å²) in [6.07, 6.45) is 3.67. The van der Waals surface area contributed by atoms with Crippen LogP contribution in [0.15, 0.2) is 60.9 Å². The second kappa shape index (κ2) is 7.47. The smallest absolute Gasteiger partial charge is 0.175 e. The van der Waals surface area contributed by atoms with Crippen LogP contribution in [0.25, 0.3) is 0 Å². The van der Waals surface area contributed by atoms with Crippen molar-refractivity contribution >= 4 is 40.3 Å². The van der Waals surface area contributed by atoms with E-state index >= 15 is 0 Å². The third-order valence-electron chi connectivity index (χ3n) is 3.53. The van der Waals surface area contributed by atoms with Crippen LogP contribution < -0.4 is 10.6 Å². The van der Waals surface area contributed by atoms with E-state index in [1.807, 2.05) is 54.2 Å². The Morgan fingerprint density at radius 2 is 1.96 bits per heavy atom. The Hall–Kier alpha value is -2.37. The van der Waals surface area contributed by atoms with E-state index in [1.165, 1.54) is 5.56 Å². The monoisotopic (exact) mass is 356 g/mol. The molecule has 122 valence electrons. The number of hydrogen-bond acceptors (Lipinski definition) is 2. The average molecular weight is 357 g/mol. The van der Waals surface area contributed by atoms with Crippen LogP contribution in [0.1, 0.15) is 11.1 Å². The van der Waals surface area contributed by atoms with Gasteiger partial charge in [-0.2, -0.15) is 5.10 Å². The molecule has 0 aliphatic rings. The zero-order valence-electron chi connectivity index (χ0n) is 13.2. The summed E-state index contributed by atoms with van der Waals surface area (Å²) >= 11 is 11.4. The third kappa shape index (κ3) is 4.34. The highest BCUT2D eigenvalue weighted by Gasteiger charge is 2.05. The van der Waals surface area contributed by atoms with Gasteiger partial charge in [0.1, 0.15) is 0 Å². The van der Waals surface area contributed by atoms with Gasteiger partial charge in [0, 0.05) is 16.9 Å². The van der Waals surface area contributed by atoms with Gasteiger partial charge in [-0.25, -0.2) is 0 Å². The van der Waals surface area contributed by atoms with Crippen LogP contribution in [0.5, 0.6) is 0 Å². The van der Waals surface area contributed by atoms with Crippen LogP contribution in [0, 0.1) is 6.92 Å². The second-order valence-corrected chi connectivity index (χ2v) is 6.30. The van der Waals surface area contributed by atoms with Crippen LogP contribution >= 0.6 is 23.8 Å². The quantitative estimate of drug-likeness (QED) is 0.665. The number of aromatic nitrogens is 2. The fraction of sp³-hybridized carbons (Fsp3) is 0.111. The first-order chi connectivity index (χ1) is 11.6. The molecule has 0 saturated carbocycles. The molecule has 3 aromatic rings. The number of anilines is 2. The first kappa shape index (κ1) is 16.5. The highest BCUT2D eigenvalue weighted by atomic mass is 35.5. The van der Waals surface area contributed by atoms with Gasteiger partial charge >= 0.3 is 0 Å². The fourth-order valence-corrected chi connectivity index (χ4v) is 2.70. The molecule has 0 spiro atoms. The molecule has 6 heteroatoms. The van der Waals surface area contributed by atoms with E-state index in [9.17, 15) is 0 Å². The van der Waals surface area contributed by atoms with E-state index in [0.29, 0.717) is 10.1 Å². The van der Waals surface area contributed by atoms with Crippen molar-refractivity contribution in [1.29, 1.82) is 0 Å². The van der Waals surface area contributed by atoms with Crippen LogP contribution in [0.2, 0.25) is 5.02 Å². The lowest BCUT2D eigenvalue weighted by atomic mass is 10.2. The maximum atomic E-state index is 6.02. The lowest BCUT2D eigenvalue weighted by Crippen LogP contribution is -2.19. The molecule has 24 heavy (non-hydrogen) atoms. The molecule has 0 fully saturated rings. The number of nitrogens with one attached hydrogen (secondary N) is 2. The standard InChI is InChI=1S/C18H17ClN4S/c1-13-7-8-15(19)9-17(13)22-18(24)21-16-10-20-23(12-16)11-14-5-3-2-4-6-14/h2-10,12H,11H2,1H3,(H2,21,22,24). The summed E-state index contributed by atoms with van der Waals surface area (Å²) in [6, 6.07) is 15.8. The van der Waals surface area contributed by atoms with E-state index < -0.39 is 0 Å². The molecule has 0 radical (unpaired) electrons. The van der Waals surface area contributed by atoms with Crippen LogP contribution in [0.3, 0.4) is 0 Å². The van der Waals surface area contributed by atoms with Gasteiger partial charge in [0.05, 0.1) is 18.4 Å². The molecule has 1 aromatic heterocycles. The van der Waals surface area contributed by atoms with Crippen molar-refractivity contribution in [2.24, 2.45) is 0 Å². The Labute approximate surface area is 151 Å². The van der Waals surface area contributed by atoms with Gasteiger partial charge in [0.2, 0.25) is 0 Å². The summed E-state index contributed by atoms with van der Waals surface area (Å²) < 4.78 is 1.87. The Morgan fingerprint density at radius 1 is 1.17 bits per heavy atom. The van der Waals surface area contributed by atoms with Gasteiger partial charge in [0.25, 0.3) is 0 Å². The number of aryl methyl sites for hydroxylation is 1. The normalized spacial score (nSPS) is 10.4. The average Bonchev–Trinajstić information content (AvgIpc) is 2.98. The summed E-state index contributed by atoms with van der Waals surface area (Å²) in [5.74, 6) is 0. The number of thiocarbonyl (C=S) groups is 1. The molecule has 0 aliphatic carbocycles. The molecular weight excluding hydrogens is 340 g/mol. The molecule has 0 saturated heterocycles. The fourth-order valence-electron chi connectivity index (χ4n) is 2.30. The van der Waals surface area contributed by atoms with Crippen LogP contribution in [-0.4, -0.2) is 14.9 Å². The molecule has 0 bridgehead atoms. The molecule has 0 amide bonds. The van der Waals surface area contributed by atoms with Crippen molar-refractivity contribution < 1.29 is 0 Å². The second-order valence-electron chi connectivity index (χ2n) is 5.45. The van der Waals surface area contributed by atoms with Crippen molar-refractivity contribution in [1.82, 2.24) is 9.78 Å². The summed E-state index contributed by atoms with van der Waals surface area (Å²) in [5.41, 5.74) is 3.99. The minimum Gasteiger partial charge on any atom is -0.332 e. The Bertz CT molecular complexity index is 845. The number of halogens is 1. The number of nitrogens with zero attached hydrogens (tertiary/aromatic N) is 2. The molecule has 0 aliphatic heterocycles. The molecular formula is C18H17ClN4S. The van der Waals surface area contributed by atoms with Gasteiger partial charge in [-0.3, -0.25) is 4.68 Å². The lowest BCUT2D eigenvalue weighted by molar-refractivity contribution is 0.687. The van der Waals surface area contributed by atoms with Crippen molar-refractivity contribution in [3.63, 3.8) is 0 Å².